The van der Waals surface area contributed by atoms with Crippen LogP contribution in [0.4, 0.5) is 0 Å². The predicted octanol–water partition coefficient (Wildman–Crippen LogP) is 0.851. The molecular formula is C11H14O4S. The molecule has 0 heterocycles. The highest BCUT2D eigenvalue weighted by Crippen LogP contribution is 2.13. The van der Waals surface area contributed by atoms with Crippen molar-refractivity contribution in [3.8, 4) is 5.75 Å². The van der Waals surface area contributed by atoms with Crippen LogP contribution in [0, 0.1) is 0 Å². The Morgan fingerprint density at radius 1 is 1.38 bits per heavy atom. The average molecular weight is 242 g/mol. The fourth-order valence-corrected chi connectivity index (χ4v) is 2.04. The van der Waals surface area contributed by atoms with Gasteiger partial charge in [0.15, 0.2) is 15.6 Å². The summed E-state index contributed by atoms with van der Waals surface area (Å²) in [6.45, 7) is 0. The van der Waals surface area contributed by atoms with Crippen molar-refractivity contribution in [3.63, 3.8) is 0 Å². The number of Topliss-reactive ketones (excluding diaryl/α,β-unsaturated/α-hetero) is 1. The summed E-state index contributed by atoms with van der Waals surface area (Å²) < 4.78 is 26.8. The lowest BCUT2D eigenvalue weighted by molar-refractivity contribution is -0.116. The van der Waals surface area contributed by atoms with Gasteiger partial charge in [0.2, 0.25) is 0 Å². The van der Waals surface area contributed by atoms with E-state index < -0.39 is 15.6 Å². The van der Waals surface area contributed by atoms with E-state index in [2.05, 4.69) is 0 Å². The third kappa shape index (κ3) is 4.44. The number of rotatable bonds is 5. The number of ketones is 1. The predicted molar refractivity (Wildman–Crippen MR) is 61.4 cm³/mol. The number of hydrogen-bond acceptors (Lipinski definition) is 4. The highest BCUT2D eigenvalue weighted by molar-refractivity contribution is 7.91. The lowest BCUT2D eigenvalue weighted by atomic mass is 10.1. The Hall–Kier alpha value is -1.36. The zero-order valence-electron chi connectivity index (χ0n) is 9.26. The lowest BCUT2D eigenvalue weighted by Gasteiger charge is -2.03. The number of sulfone groups is 1. The molecular weight excluding hydrogens is 228 g/mol. The topological polar surface area (TPSA) is 60.4 Å². The van der Waals surface area contributed by atoms with Crippen LogP contribution < -0.4 is 4.74 Å². The monoisotopic (exact) mass is 242 g/mol. The van der Waals surface area contributed by atoms with Gasteiger partial charge in [-0.25, -0.2) is 8.42 Å². The molecule has 0 fully saturated rings. The van der Waals surface area contributed by atoms with Crippen molar-refractivity contribution in [2.24, 2.45) is 0 Å². The van der Waals surface area contributed by atoms with Gasteiger partial charge in [-0.15, -0.1) is 0 Å². The zero-order valence-corrected chi connectivity index (χ0v) is 10.1. The van der Waals surface area contributed by atoms with E-state index in [1.807, 2.05) is 0 Å². The molecule has 0 aliphatic rings. The zero-order chi connectivity index (χ0) is 12.2. The van der Waals surface area contributed by atoms with Crippen molar-refractivity contribution >= 4 is 15.6 Å². The van der Waals surface area contributed by atoms with E-state index in [0.29, 0.717) is 5.75 Å². The van der Waals surface area contributed by atoms with Crippen molar-refractivity contribution in [1.29, 1.82) is 0 Å². The largest absolute Gasteiger partial charge is 0.497 e. The van der Waals surface area contributed by atoms with Crippen LogP contribution in [0.25, 0.3) is 0 Å². The second kappa shape index (κ2) is 5.12. The van der Waals surface area contributed by atoms with Gasteiger partial charge in [-0.2, -0.15) is 0 Å². The molecule has 0 unspecified atom stereocenters. The minimum atomic E-state index is -3.24. The molecule has 1 rings (SSSR count). The molecule has 0 saturated heterocycles. The number of hydrogen-bond donors (Lipinski definition) is 0. The van der Waals surface area contributed by atoms with E-state index in [-0.39, 0.29) is 12.2 Å². The number of benzene rings is 1. The molecule has 0 spiro atoms. The lowest BCUT2D eigenvalue weighted by Crippen LogP contribution is -2.16. The van der Waals surface area contributed by atoms with Crippen LogP contribution in [-0.4, -0.2) is 33.3 Å². The summed E-state index contributed by atoms with van der Waals surface area (Å²) in [6, 6.07) is 7.02. The SMILES string of the molecule is COc1cccc(CC(=O)CS(C)(=O)=O)c1. The standard InChI is InChI=1S/C11H14O4S/c1-15-11-5-3-4-9(7-11)6-10(12)8-16(2,13)14/h3-5,7H,6,8H2,1-2H3. The first kappa shape index (κ1) is 12.7. The normalized spacial score (nSPS) is 11.1. The highest BCUT2D eigenvalue weighted by atomic mass is 32.2. The van der Waals surface area contributed by atoms with Crippen LogP contribution in [0.15, 0.2) is 24.3 Å². The van der Waals surface area contributed by atoms with Gasteiger partial charge < -0.3 is 4.74 Å². The maximum absolute atomic E-state index is 11.4. The van der Waals surface area contributed by atoms with Crippen molar-refractivity contribution in [2.45, 2.75) is 6.42 Å². The first-order valence-corrected chi connectivity index (χ1v) is 6.79. The Balaban J connectivity index is 2.70. The molecule has 1 aromatic carbocycles. The average Bonchev–Trinajstić information content (AvgIpc) is 2.15. The molecule has 0 radical (unpaired) electrons. The molecule has 0 amide bonds. The van der Waals surface area contributed by atoms with Crippen LogP contribution in [0.5, 0.6) is 5.75 Å². The van der Waals surface area contributed by atoms with Gasteiger partial charge in [0, 0.05) is 12.7 Å². The van der Waals surface area contributed by atoms with Gasteiger partial charge in [0.05, 0.1) is 7.11 Å². The molecule has 0 aromatic heterocycles. The number of carbonyl (C=O) groups excluding carboxylic acids is 1. The second-order valence-corrected chi connectivity index (χ2v) is 5.78. The number of methoxy groups -OCH3 is 1. The van der Waals surface area contributed by atoms with E-state index in [0.717, 1.165) is 11.8 Å². The summed E-state index contributed by atoms with van der Waals surface area (Å²) in [7, 11) is -1.70. The summed E-state index contributed by atoms with van der Waals surface area (Å²) in [5, 5.41) is 0. The van der Waals surface area contributed by atoms with Crippen LogP contribution in [0.3, 0.4) is 0 Å². The molecule has 0 atom stereocenters. The van der Waals surface area contributed by atoms with E-state index in [4.69, 9.17) is 4.74 Å². The molecule has 1 aromatic rings. The van der Waals surface area contributed by atoms with Gasteiger partial charge in [-0.1, -0.05) is 12.1 Å². The molecule has 16 heavy (non-hydrogen) atoms. The second-order valence-electron chi connectivity index (χ2n) is 3.64. The Morgan fingerprint density at radius 2 is 2.06 bits per heavy atom. The van der Waals surface area contributed by atoms with Crippen molar-refractivity contribution in [3.05, 3.63) is 29.8 Å². The van der Waals surface area contributed by atoms with Gasteiger partial charge in [0.25, 0.3) is 0 Å². The first-order chi connectivity index (χ1) is 7.40. The van der Waals surface area contributed by atoms with Gasteiger partial charge in [-0.3, -0.25) is 4.79 Å². The Kier molecular flexibility index (Phi) is 4.06. The van der Waals surface area contributed by atoms with E-state index in [9.17, 15) is 13.2 Å². The van der Waals surface area contributed by atoms with Crippen LogP contribution in [-0.2, 0) is 21.1 Å². The maximum Gasteiger partial charge on any atom is 0.154 e. The minimum Gasteiger partial charge on any atom is -0.497 e. The smallest absolute Gasteiger partial charge is 0.154 e. The molecule has 0 aliphatic heterocycles. The van der Waals surface area contributed by atoms with Crippen molar-refractivity contribution < 1.29 is 17.9 Å². The van der Waals surface area contributed by atoms with Crippen LogP contribution in [0.2, 0.25) is 0 Å². The minimum absolute atomic E-state index is 0.115. The molecule has 0 bridgehead atoms. The van der Waals surface area contributed by atoms with Gasteiger partial charge in [0.1, 0.15) is 11.5 Å². The third-order valence-corrected chi connectivity index (χ3v) is 2.80. The summed E-state index contributed by atoms with van der Waals surface area (Å²) in [5.41, 5.74) is 0.757. The van der Waals surface area contributed by atoms with Crippen LogP contribution in [0.1, 0.15) is 5.56 Å². The Bertz CT molecular complexity index is 477. The fraction of sp³-hybridized carbons (Fsp3) is 0.364. The van der Waals surface area contributed by atoms with Crippen molar-refractivity contribution in [2.75, 3.05) is 19.1 Å². The Morgan fingerprint density at radius 3 is 2.62 bits per heavy atom. The Labute approximate surface area is 95.2 Å². The highest BCUT2D eigenvalue weighted by Gasteiger charge is 2.11. The quantitative estimate of drug-likeness (QED) is 0.768. The summed E-state index contributed by atoms with van der Waals surface area (Å²) in [5.74, 6) is -0.0649. The van der Waals surface area contributed by atoms with Crippen LogP contribution >= 0.6 is 0 Å². The fourth-order valence-electron chi connectivity index (χ4n) is 1.35. The molecule has 0 saturated carbocycles. The van der Waals surface area contributed by atoms with Gasteiger partial charge >= 0.3 is 0 Å². The third-order valence-electron chi connectivity index (χ3n) is 1.96. The van der Waals surface area contributed by atoms with E-state index >= 15 is 0 Å². The summed E-state index contributed by atoms with van der Waals surface area (Å²) in [6.07, 6.45) is 1.17. The molecule has 5 heteroatoms. The number of ether oxygens (including phenoxy) is 1. The van der Waals surface area contributed by atoms with Crippen molar-refractivity contribution in [1.82, 2.24) is 0 Å². The number of carbonyl (C=O) groups is 1. The van der Waals surface area contributed by atoms with Gasteiger partial charge in [-0.05, 0) is 17.7 Å². The molecule has 0 aliphatic carbocycles. The molecule has 88 valence electrons. The maximum atomic E-state index is 11.4. The van der Waals surface area contributed by atoms with E-state index in [1.54, 1.807) is 24.3 Å². The molecule has 0 N–H and O–H groups in total. The molecule has 4 nitrogen and oxygen atoms in total. The first-order valence-electron chi connectivity index (χ1n) is 4.73. The summed E-state index contributed by atoms with van der Waals surface area (Å²) in [4.78, 5) is 11.4. The summed E-state index contributed by atoms with van der Waals surface area (Å²) >= 11 is 0. The van der Waals surface area contributed by atoms with E-state index in [1.165, 1.54) is 7.11 Å².